The molecule has 104 valence electrons. The van der Waals surface area contributed by atoms with E-state index in [2.05, 4.69) is 5.32 Å². The van der Waals surface area contributed by atoms with E-state index < -0.39 is 11.9 Å². The monoisotopic (exact) mass is 263 g/mol. The van der Waals surface area contributed by atoms with Crippen molar-refractivity contribution in [2.75, 3.05) is 0 Å². The fourth-order valence-electron chi connectivity index (χ4n) is 4.06. The summed E-state index contributed by atoms with van der Waals surface area (Å²) in [6.45, 7) is 0. The molecular formula is C15H21NO3. The Balaban J connectivity index is 1.68. The zero-order chi connectivity index (χ0) is 13.4. The number of allylic oxidation sites excluding steroid dienone is 2. The summed E-state index contributed by atoms with van der Waals surface area (Å²) in [5, 5.41) is 12.4. The van der Waals surface area contributed by atoms with Crippen molar-refractivity contribution in [2.24, 2.45) is 23.7 Å². The number of aliphatic carboxylic acids is 1. The van der Waals surface area contributed by atoms with Crippen LogP contribution in [0.25, 0.3) is 0 Å². The third kappa shape index (κ3) is 2.28. The van der Waals surface area contributed by atoms with Gasteiger partial charge >= 0.3 is 5.97 Å². The van der Waals surface area contributed by atoms with Crippen LogP contribution in [0.2, 0.25) is 0 Å². The van der Waals surface area contributed by atoms with Crippen LogP contribution in [0.4, 0.5) is 0 Å². The summed E-state index contributed by atoms with van der Waals surface area (Å²) in [5.74, 6) is -1.52. The van der Waals surface area contributed by atoms with Crippen LogP contribution in [0.3, 0.4) is 0 Å². The van der Waals surface area contributed by atoms with Crippen LogP contribution < -0.4 is 5.32 Å². The number of hydrogen-bond acceptors (Lipinski definition) is 2. The summed E-state index contributed by atoms with van der Waals surface area (Å²) in [7, 11) is 0. The van der Waals surface area contributed by atoms with Crippen molar-refractivity contribution in [1.82, 2.24) is 5.32 Å². The summed E-state index contributed by atoms with van der Waals surface area (Å²) >= 11 is 0. The summed E-state index contributed by atoms with van der Waals surface area (Å²) in [6, 6.07) is 0.263. The number of fused-ring (bicyclic) bond motifs is 2. The number of carboxylic acid groups (broad SMARTS) is 1. The van der Waals surface area contributed by atoms with Gasteiger partial charge in [0.25, 0.3) is 0 Å². The SMILES string of the molecule is O=C(NC1CCCCC1)[C@@H]1[C@H](C(=O)O)[C@H]2C=C[C@H]1C2. The van der Waals surface area contributed by atoms with Gasteiger partial charge in [0.2, 0.25) is 5.91 Å². The highest BCUT2D eigenvalue weighted by Crippen LogP contribution is 2.48. The van der Waals surface area contributed by atoms with Crippen molar-refractivity contribution >= 4 is 11.9 Å². The van der Waals surface area contributed by atoms with Crippen LogP contribution >= 0.6 is 0 Å². The normalized spacial score (nSPS) is 37.5. The Kier molecular flexibility index (Phi) is 3.33. The van der Waals surface area contributed by atoms with E-state index in [0.717, 1.165) is 19.3 Å². The molecule has 3 aliphatic rings. The van der Waals surface area contributed by atoms with E-state index in [1.54, 1.807) is 0 Å². The van der Waals surface area contributed by atoms with E-state index in [0.29, 0.717) is 0 Å². The second-order valence-corrected chi connectivity index (χ2v) is 6.18. The van der Waals surface area contributed by atoms with E-state index in [1.807, 2.05) is 12.2 Å². The molecule has 19 heavy (non-hydrogen) atoms. The average Bonchev–Trinajstić information content (AvgIpc) is 2.99. The lowest BCUT2D eigenvalue weighted by atomic mass is 9.82. The van der Waals surface area contributed by atoms with Crippen molar-refractivity contribution in [3.8, 4) is 0 Å². The molecule has 2 fully saturated rings. The molecule has 0 aromatic carbocycles. The zero-order valence-corrected chi connectivity index (χ0v) is 11.0. The molecule has 0 radical (unpaired) electrons. The Morgan fingerprint density at radius 1 is 1.00 bits per heavy atom. The van der Waals surface area contributed by atoms with Crippen LogP contribution in [0.15, 0.2) is 12.2 Å². The molecule has 4 nitrogen and oxygen atoms in total. The molecule has 2 saturated carbocycles. The number of hydrogen-bond donors (Lipinski definition) is 2. The van der Waals surface area contributed by atoms with Gasteiger partial charge in [0.1, 0.15) is 0 Å². The van der Waals surface area contributed by atoms with Crippen molar-refractivity contribution in [2.45, 2.75) is 44.6 Å². The first-order valence-electron chi connectivity index (χ1n) is 7.38. The molecular weight excluding hydrogens is 242 g/mol. The molecule has 0 unspecified atom stereocenters. The van der Waals surface area contributed by atoms with Gasteiger partial charge in [-0.05, 0) is 31.1 Å². The summed E-state index contributed by atoms with van der Waals surface area (Å²) < 4.78 is 0. The summed E-state index contributed by atoms with van der Waals surface area (Å²) in [6.07, 6.45) is 10.5. The number of carboxylic acids is 1. The molecule has 0 heterocycles. The molecule has 3 rings (SSSR count). The van der Waals surface area contributed by atoms with Crippen LogP contribution in [0.5, 0.6) is 0 Å². The highest BCUT2D eigenvalue weighted by atomic mass is 16.4. The van der Waals surface area contributed by atoms with E-state index in [9.17, 15) is 14.7 Å². The lowest BCUT2D eigenvalue weighted by Crippen LogP contribution is -2.45. The first-order valence-corrected chi connectivity index (χ1v) is 7.38. The molecule has 1 amide bonds. The Labute approximate surface area is 113 Å². The molecule has 0 aromatic heterocycles. The van der Waals surface area contributed by atoms with E-state index in [1.165, 1.54) is 19.3 Å². The molecule has 2 N–H and O–H groups in total. The van der Waals surface area contributed by atoms with E-state index in [4.69, 9.17) is 0 Å². The molecule has 4 atom stereocenters. The highest BCUT2D eigenvalue weighted by Gasteiger charge is 2.51. The minimum Gasteiger partial charge on any atom is -0.481 e. The predicted octanol–water partition coefficient (Wildman–Crippen LogP) is 1.96. The second kappa shape index (κ2) is 4.99. The number of nitrogens with one attached hydrogen (secondary N) is 1. The Bertz CT molecular complexity index is 412. The van der Waals surface area contributed by atoms with Gasteiger partial charge in [0.05, 0.1) is 11.8 Å². The first-order chi connectivity index (χ1) is 9.16. The first kappa shape index (κ1) is 12.7. The number of carbonyl (C=O) groups excluding carboxylic acids is 1. The van der Waals surface area contributed by atoms with Gasteiger partial charge in [0.15, 0.2) is 0 Å². The predicted molar refractivity (Wildman–Crippen MR) is 70.4 cm³/mol. The largest absolute Gasteiger partial charge is 0.481 e. The molecule has 3 aliphatic carbocycles. The van der Waals surface area contributed by atoms with Crippen molar-refractivity contribution in [3.05, 3.63) is 12.2 Å². The maximum Gasteiger partial charge on any atom is 0.307 e. The molecule has 4 heteroatoms. The maximum absolute atomic E-state index is 12.4. The molecule has 2 bridgehead atoms. The van der Waals surface area contributed by atoms with Crippen LogP contribution in [0, 0.1) is 23.7 Å². The van der Waals surface area contributed by atoms with Crippen LogP contribution in [-0.4, -0.2) is 23.0 Å². The second-order valence-electron chi connectivity index (χ2n) is 6.18. The molecule has 0 aromatic rings. The number of amides is 1. The molecule has 0 aliphatic heterocycles. The Hall–Kier alpha value is -1.32. The van der Waals surface area contributed by atoms with E-state index in [-0.39, 0.29) is 29.7 Å². The molecule has 0 spiro atoms. The fraction of sp³-hybridized carbons (Fsp3) is 0.733. The smallest absolute Gasteiger partial charge is 0.307 e. The zero-order valence-electron chi connectivity index (χ0n) is 11.0. The number of rotatable bonds is 3. The van der Waals surface area contributed by atoms with Crippen LogP contribution in [0.1, 0.15) is 38.5 Å². The molecule has 0 saturated heterocycles. The van der Waals surface area contributed by atoms with Crippen molar-refractivity contribution < 1.29 is 14.7 Å². The third-order valence-corrected chi connectivity index (χ3v) is 5.00. The summed E-state index contributed by atoms with van der Waals surface area (Å²) in [5.41, 5.74) is 0. The summed E-state index contributed by atoms with van der Waals surface area (Å²) in [4.78, 5) is 23.8. The number of carbonyl (C=O) groups is 2. The Morgan fingerprint density at radius 2 is 1.63 bits per heavy atom. The lowest BCUT2D eigenvalue weighted by molar-refractivity contribution is -0.148. The quantitative estimate of drug-likeness (QED) is 0.765. The Morgan fingerprint density at radius 3 is 2.26 bits per heavy atom. The topological polar surface area (TPSA) is 66.4 Å². The maximum atomic E-state index is 12.4. The van der Waals surface area contributed by atoms with Gasteiger partial charge in [-0.15, -0.1) is 0 Å². The van der Waals surface area contributed by atoms with Gasteiger partial charge < -0.3 is 10.4 Å². The highest BCUT2D eigenvalue weighted by molar-refractivity contribution is 5.87. The van der Waals surface area contributed by atoms with Crippen LogP contribution in [-0.2, 0) is 9.59 Å². The van der Waals surface area contributed by atoms with Gasteiger partial charge in [0, 0.05) is 6.04 Å². The third-order valence-electron chi connectivity index (χ3n) is 5.00. The van der Waals surface area contributed by atoms with Crippen molar-refractivity contribution in [1.29, 1.82) is 0 Å². The van der Waals surface area contributed by atoms with Gasteiger partial charge in [-0.3, -0.25) is 9.59 Å². The minimum absolute atomic E-state index is 0.0313. The van der Waals surface area contributed by atoms with Gasteiger partial charge in [-0.2, -0.15) is 0 Å². The van der Waals surface area contributed by atoms with Crippen molar-refractivity contribution in [3.63, 3.8) is 0 Å². The fourth-order valence-corrected chi connectivity index (χ4v) is 4.06. The lowest BCUT2D eigenvalue weighted by Gasteiger charge is -2.28. The average molecular weight is 263 g/mol. The minimum atomic E-state index is -0.819. The van der Waals surface area contributed by atoms with Gasteiger partial charge in [-0.1, -0.05) is 31.4 Å². The van der Waals surface area contributed by atoms with Gasteiger partial charge in [-0.25, -0.2) is 0 Å². The standard InChI is InChI=1S/C15H21NO3/c17-14(16-11-4-2-1-3-5-11)12-9-6-7-10(8-9)13(12)15(18)19/h6-7,9-13H,1-5,8H2,(H,16,17)(H,18,19)/t9-,10-,12-,13+/m0/s1. The van der Waals surface area contributed by atoms with E-state index >= 15 is 0 Å².